The summed E-state index contributed by atoms with van der Waals surface area (Å²) in [4.78, 5) is 0. The molecule has 84 valence electrons. The molecule has 0 radical (unpaired) electrons. The molecule has 2 heteroatoms. The van der Waals surface area contributed by atoms with Gasteiger partial charge in [-0.2, -0.15) is 0 Å². The van der Waals surface area contributed by atoms with Crippen LogP contribution in [0, 0.1) is 0 Å². The third-order valence-corrected chi connectivity index (χ3v) is 2.47. The lowest BCUT2D eigenvalue weighted by Gasteiger charge is -2.05. The van der Waals surface area contributed by atoms with Gasteiger partial charge in [-0.25, -0.2) is 0 Å². The van der Waals surface area contributed by atoms with Crippen LogP contribution < -0.4 is 5.32 Å². The average Bonchev–Trinajstić information content (AvgIpc) is 2.29. The molecule has 0 aliphatic heterocycles. The van der Waals surface area contributed by atoms with Gasteiger partial charge >= 0.3 is 0 Å². The van der Waals surface area contributed by atoms with Crippen molar-refractivity contribution in [1.29, 1.82) is 0 Å². The maximum atomic E-state index is 4.97. The number of hydrogen-bond donors (Lipinski definition) is 1. The van der Waals surface area contributed by atoms with Crippen LogP contribution in [0.15, 0.2) is 24.3 Å². The van der Waals surface area contributed by atoms with Crippen molar-refractivity contribution in [3.8, 4) is 0 Å². The smallest absolute Gasteiger partial charge is 0.0587 e. The lowest BCUT2D eigenvalue weighted by Crippen LogP contribution is -2.21. The molecule has 1 aromatic rings. The van der Waals surface area contributed by atoms with E-state index < -0.39 is 0 Å². The van der Waals surface area contributed by atoms with E-state index in [0.717, 1.165) is 32.5 Å². The summed E-state index contributed by atoms with van der Waals surface area (Å²) >= 11 is 0. The number of ether oxygens (including phenoxy) is 1. The second-order valence-corrected chi connectivity index (χ2v) is 3.67. The minimum Gasteiger partial charge on any atom is -0.383 e. The molecule has 1 rings (SSSR count). The van der Waals surface area contributed by atoms with E-state index in [1.54, 1.807) is 7.11 Å². The molecule has 0 bridgehead atoms. The van der Waals surface area contributed by atoms with Gasteiger partial charge in [0.15, 0.2) is 0 Å². The fourth-order valence-corrected chi connectivity index (χ4v) is 1.54. The first-order valence-corrected chi connectivity index (χ1v) is 5.64. The van der Waals surface area contributed by atoms with E-state index in [9.17, 15) is 0 Å². The third kappa shape index (κ3) is 4.96. The molecule has 0 aliphatic carbocycles. The van der Waals surface area contributed by atoms with Crippen molar-refractivity contribution in [2.45, 2.75) is 19.8 Å². The molecule has 1 aromatic carbocycles. The summed E-state index contributed by atoms with van der Waals surface area (Å²) in [5, 5.41) is 3.35. The zero-order valence-corrected chi connectivity index (χ0v) is 9.75. The number of benzene rings is 1. The van der Waals surface area contributed by atoms with Crippen molar-refractivity contribution in [3.63, 3.8) is 0 Å². The summed E-state index contributed by atoms with van der Waals surface area (Å²) in [6.45, 7) is 4.94. The molecule has 1 N–H and O–H groups in total. The van der Waals surface area contributed by atoms with Crippen LogP contribution in [0.4, 0.5) is 0 Å². The average molecular weight is 207 g/mol. The molecule has 15 heavy (non-hydrogen) atoms. The Labute approximate surface area is 92.6 Å². The van der Waals surface area contributed by atoms with Crippen LogP contribution in [0.2, 0.25) is 0 Å². The van der Waals surface area contributed by atoms with Gasteiger partial charge in [0.2, 0.25) is 0 Å². The van der Waals surface area contributed by atoms with Crippen molar-refractivity contribution >= 4 is 0 Å². The van der Waals surface area contributed by atoms with Gasteiger partial charge in [-0.3, -0.25) is 0 Å². The minimum absolute atomic E-state index is 0.787. The first kappa shape index (κ1) is 12.2. The number of aryl methyl sites for hydroxylation is 1. The van der Waals surface area contributed by atoms with E-state index >= 15 is 0 Å². The maximum Gasteiger partial charge on any atom is 0.0587 e. The molecule has 0 heterocycles. The van der Waals surface area contributed by atoms with Crippen LogP contribution in [0.3, 0.4) is 0 Å². The van der Waals surface area contributed by atoms with Crippen LogP contribution in [0.1, 0.15) is 18.1 Å². The van der Waals surface area contributed by atoms with Crippen LogP contribution in [0.5, 0.6) is 0 Å². The molecule has 0 spiro atoms. The van der Waals surface area contributed by atoms with Crippen molar-refractivity contribution in [3.05, 3.63) is 35.4 Å². The topological polar surface area (TPSA) is 21.3 Å². The number of hydrogen-bond acceptors (Lipinski definition) is 2. The van der Waals surface area contributed by atoms with E-state index in [4.69, 9.17) is 4.74 Å². The van der Waals surface area contributed by atoms with E-state index in [1.807, 2.05) is 0 Å². The summed E-state index contributed by atoms with van der Waals surface area (Å²) < 4.78 is 4.97. The largest absolute Gasteiger partial charge is 0.383 e. The standard InChI is InChI=1S/C13H21NO/c1-3-12-5-4-6-13(11-12)7-8-14-9-10-15-2/h4-6,11,14H,3,7-10H2,1-2H3. The molecular weight excluding hydrogens is 186 g/mol. The van der Waals surface area contributed by atoms with E-state index in [-0.39, 0.29) is 0 Å². The fraction of sp³-hybridized carbons (Fsp3) is 0.538. The van der Waals surface area contributed by atoms with Gasteiger partial charge < -0.3 is 10.1 Å². The van der Waals surface area contributed by atoms with Crippen molar-refractivity contribution in [1.82, 2.24) is 5.32 Å². The SMILES string of the molecule is CCc1cccc(CCNCCOC)c1. The molecule has 0 atom stereocenters. The third-order valence-electron chi connectivity index (χ3n) is 2.47. The van der Waals surface area contributed by atoms with Crippen LogP contribution in [-0.4, -0.2) is 26.8 Å². The van der Waals surface area contributed by atoms with Crippen molar-refractivity contribution in [2.75, 3.05) is 26.8 Å². The monoisotopic (exact) mass is 207 g/mol. The highest BCUT2D eigenvalue weighted by atomic mass is 16.5. The van der Waals surface area contributed by atoms with Crippen molar-refractivity contribution in [2.24, 2.45) is 0 Å². The molecule has 2 nitrogen and oxygen atoms in total. The summed E-state index contributed by atoms with van der Waals surface area (Å²) in [6.07, 6.45) is 2.21. The lowest BCUT2D eigenvalue weighted by atomic mass is 10.1. The van der Waals surface area contributed by atoms with E-state index in [0.29, 0.717) is 0 Å². The summed E-state index contributed by atoms with van der Waals surface area (Å²) in [6, 6.07) is 8.81. The van der Waals surface area contributed by atoms with Gasteiger partial charge in [-0.05, 0) is 30.5 Å². The quantitative estimate of drug-likeness (QED) is 0.691. The zero-order chi connectivity index (χ0) is 10.9. The van der Waals surface area contributed by atoms with Crippen LogP contribution in [-0.2, 0) is 17.6 Å². The second-order valence-electron chi connectivity index (χ2n) is 3.67. The summed E-state index contributed by atoms with van der Waals surface area (Å²) in [5.41, 5.74) is 2.84. The Hall–Kier alpha value is -0.860. The molecule has 0 aliphatic rings. The van der Waals surface area contributed by atoms with Crippen molar-refractivity contribution < 1.29 is 4.74 Å². The van der Waals surface area contributed by atoms with Crippen LogP contribution >= 0.6 is 0 Å². The molecular formula is C13H21NO. The van der Waals surface area contributed by atoms with Gasteiger partial charge in [-0.15, -0.1) is 0 Å². The van der Waals surface area contributed by atoms with Gasteiger partial charge in [-0.1, -0.05) is 31.2 Å². The van der Waals surface area contributed by atoms with E-state index in [2.05, 4.69) is 36.5 Å². The molecule has 0 fully saturated rings. The van der Waals surface area contributed by atoms with Gasteiger partial charge in [0, 0.05) is 13.7 Å². The normalized spacial score (nSPS) is 10.5. The van der Waals surface area contributed by atoms with Gasteiger partial charge in [0.05, 0.1) is 6.61 Å². The van der Waals surface area contributed by atoms with Gasteiger partial charge in [0.25, 0.3) is 0 Å². The maximum absolute atomic E-state index is 4.97. The second kappa shape index (κ2) is 7.43. The number of nitrogens with one attached hydrogen (secondary N) is 1. The zero-order valence-electron chi connectivity index (χ0n) is 9.75. The fourth-order valence-electron chi connectivity index (χ4n) is 1.54. The Kier molecular flexibility index (Phi) is 6.05. The first-order chi connectivity index (χ1) is 7.36. The Morgan fingerprint density at radius 2 is 2.00 bits per heavy atom. The molecule has 0 aromatic heterocycles. The molecule has 0 saturated heterocycles. The predicted molar refractivity (Wildman–Crippen MR) is 64.3 cm³/mol. The highest BCUT2D eigenvalue weighted by Gasteiger charge is 1.94. The van der Waals surface area contributed by atoms with E-state index in [1.165, 1.54) is 11.1 Å². The molecule has 0 unspecified atom stereocenters. The number of methoxy groups -OCH3 is 1. The lowest BCUT2D eigenvalue weighted by molar-refractivity contribution is 0.199. The van der Waals surface area contributed by atoms with Crippen LogP contribution in [0.25, 0.3) is 0 Å². The highest BCUT2D eigenvalue weighted by Crippen LogP contribution is 2.05. The first-order valence-electron chi connectivity index (χ1n) is 5.64. The Morgan fingerprint density at radius 1 is 1.20 bits per heavy atom. The summed E-state index contributed by atoms with van der Waals surface area (Å²) in [7, 11) is 1.73. The minimum atomic E-state index is 0.787. The Balaban J connectivity index is 2.24. The van der Waals surface area contributed by atoms with Gasteiger partial charge in [0.1, 0.15) is 0 Å². The predicted octanol–water partition coefficient (Wildman–Crippen LogP) is 2.03. The Bertz CT molecular complexity index is 273. The Morgan fingerprint density at radius 3 is 2.73 bits per heavy atom. The summed E-state index contributed by atoms with van der Waals surface area (Å²) in [5.74, 6) is 0. The highest BCUT2D eigenvalue weighted by molar-refractivity contribution is 5.23. The number of rotatable bonds is 7. The molecule has 0 saturated carbocycles. The molecule has 0 amide bonds.